The van der Waals surface area contributed by atoms with Crippen molar-refractivity contribution in [3.05, 3.63) is 0 Å². The van der Waals surface area contributed by atoms with Crippen LogP contribution >= 0.6 is 7.82 Å². The van der Waals surface area contributed by atoms with Gasteiger partial charge in [-0.1, -0.05) is 0 Å². The maximum absolute atomic E-state index is 10.8. The number of aliphatic hydroxyl groups excluding tert-OH is 7. The Kier molecular flexibility index (Phi) is 7.68. The minimum Gasteiger partial charge on any atom is -0.394 e. The van der Waals surface area contributed by atoms with Gasteiger partial charge in [0.1, 0.15) is 48.8 Å². The molecule has 10 atom stereocenters. The fraction of sp³-hybridized carbons (Fsp3) is 1.00. The largest absolute Gasteiger partial charge is 0.469 e. The van der Waals surface area contributed by atoms with Crippen LogP contribution in [0.3, 0.4) is 0 Å². The van der Waals surface area contributed by atoms with Crippen molar-refractivity contribution in [2.24, 2.45) is 0 Å². The number of hydrogen-bond donors (Lipinski definition) is 9. The molecule has 0 aromatic heterocycles. The predicted molar refractivity (Wildman–Crippen MR) is 79.5 cm³/mol. The lowest BCUT2D eigenvalue weighted by molar-refractivity contribution is -0.354. The molecule has 160 valence electrons. The van der Waals surface area contributed by atoms with E-state index in [1.807, 2.05) is 0 Å². The van der Waals surface area contributed by atoms with Crippen LogP contribution in [0.5, 0.6) is 0 Å². The molecule has 0 aromatic carbocycles. The number of ether oxygens (including phenoxy) is 3. The van der Waals surface area contributed by atoms with E-state index in [1.54, 1.807) is 0 Å². The first-order chi connectivity index (χ1) is 12.5. The Bertz CT molecular complexity index is 526. The van der Waals surface area contributed by atoms with Crippen molar-refractivity contribution in [1.29, 1.82) is 0 Å². The van der Waals surface area contributed by atoms with Crippen LogP contribution in [-0.4, -0.2) is 120 Å². The first kappa shape index (κ1) is 23.0. The lowest BCUT2D eigenvalue weighted by Crippen LogP contribution is -2.64. The van der Waals surface area contributed by atoms with Crippen molar-refractivity contribution in [2.75, 3.05) is 13.2 Å². The third-order valence-corrected chi connectivity index (χ3v) is 4.69. The second kappa shape index (κ2) is 9.02. The average Bonchev–Trinajstić information content (AvgIpc) is 2.60. The van der Waals surface area contributed by atoms with Crippen LogP contribution in [0.15, 0.2) is 0 Å². The van der Waals surface area contributed by atoms with Gasteiger partial charge in [-0.3, -0.25) is 4.52 Å². The molecule has 0 aromatic rings. The number of hydrogen-bond acceptors (Lipinski definition) is 12. The molecule has 2 aliphatic heterocycles. The zero-order valence-electron chi connectivity index (χ0n) is 13.7. The molecular formula is C12H23O14P. The molecule has 0 saturated carbocycles. The highest BCUT2D eigenvalue weighted by Crippen LogP contribution is 2.37. The van der Waals surface area contributed by atoms with Gasteiger partial charge in [0.15, 0.2) is 12.6 Å². The molecule has 0 radical (unpaired) electrons. The summed E-state index contributed by atoms with van der Waals surface area (Å²) in [7, 11) is -4.92. The Hall–Kier alpha value is -0.290. The first-order valence-corrected chi connectivity index (χ1v) is 9.35. The predicted octanol–water partition coefficient (Wildman–Crippen LogP) is -5.28. The highest BCUT2D eigenvalue weighted by molar-refractivity contribution is 7.46. The van der Waals surface area contributed by atoms with E-state index in [-0.39, 0.29) is 0 Å². The molecule has 15 heteroatoms. The van der Waals surface area contributed by atoms with E-state index in [9.17, 15) is 40.3 Å². The van der Waals surface area contributed by atoms with Crippen LogP contribution in [-0.2, 0) is 23.3 Å². The van der Waals surface area contributed by atoms with Crippen molar-refractivity contribution in [3.8, 4) is 0 Å². The quantitative estimate of drug-likeness (QED) is 0.182. The van der Waals surface area contributed by atoms with Gasteiger partial charge in [-0.05, 0) is 0 Å². The summed E-state index contributed by atoms with van der Waals surface area (Å²) < 4.78 is 30.3. The average molecular weight is 422 g/mol. The van der Waals surface area contributed by atoms with E-state index in [0.717, 1.165) is 0 Å². The molecule has 10 unspecified atom stereocenters. The van der Waals surface area contributed by atoms with E-state index in [2.05, 4.69) is 4.52 Å². The number of phosphoric acid groups is 1. The first-order valence-electron chi connectivity index (χ1n) is 7.82. The van der Waals surface area contributed by atoms with Crippen molar-refractivity contribution in [3.63, 3.8) is 0 Å². The fourth-order valence-electron chi connectivity index (χ4n) is 2.73. The van der Waals surface area contributed by atoms with Crippen LogP contribution in [0, 0.1) is 0 Å². The lowest BCUT2D eigenvalue weighted by Gasteiger charge is -2.45. The van der Waals surface area contributed by atoms with Gasteiger partial charge in [0.2, 0.25) is 0 Å². The summed E-state index contributed by atoms with van der Waals surface area (Å²) in [5.41, 5.74) is 0. The van der Waals surface area contributed by atoms with Crippen LogP contribution in [0.25, 0.3) is 0 Å². The van der Waals surface area contributed by atoms with Crippen LogP contribution in [0.4, 0.5) is 0 Å². The van der Waals surface area contributed by atoms with Crippen molar-refractivity contribution >= 4 is 7.82 Å². The Labute approximate surface area is 152 Å². The van der Waals surface area contributed by atoms with E-state index < -0.39 is 82.4 Å². The molecule has 0 bridgehead atoms. The standard InChI is InChI=1S/C12H23O14P/c13-1-3-10(7(16)8(17)11(19)24-3)26-12-9(18)6(15)5(14)4(25-12)2-23-27(20,21)22/h3-19H,1-2H2,(H2,20,21,22). The number of rotatable bonds is 6. The van der Waals surface area contributed by atoms with Gasteiger partial charge >= 0.3 is 7.82 Å². The van der Waals surface area contributed by atoms with E-state index in [0.29, 0.717) is 0 Å². The van der Waals surface area contributed by atoms with Gasteiger partial charge in [-0.2, -0.15) is 0 Å². The van der Waals surface area contributed by atoms with Gasteiger partial charge in [-0.25, -0.2) is 4.57 Å². The Morgan fingerprint density at radius 2 is 1.44 bits per heavy atom. The summed E-state index contributed by atoms with van der Waals surface area (Å²) in [5, 5.41) is 68.1. The topological polar surface area (TPSA) is 236 Å². The summed E-state index contributed by atoms with van der Waals surface area (Å²) in [6.45, 7) is -1.63. The van der Waals surface area contributed by atoms with Gasteiger partial charge in [0.25, 0.3) is 0 Å². The molecule has 2 fully saturated rings. The molecule has 2 heterocycles. The molecule has 0 aliphatic carbocycles. The van der Waals surface area contributed by atoms with Crippen LogP contribution in [0.1, 0.15) is 0 Å². The number of phosphoric ester groups is 1. The third kappa shape index (κ3) is 5.41. The van der Waals surface area contributed by atoms with Gasteiger partial charge in [-0.15, -0.1) is 0 Å². The van der Waals surface area contributed by atoms with Gasteiger partial charge in [0, 0.05) is 0 Å². The van der Waals surface area contributed by atoms with Crippen LogP contribution < -0.4 is 0 Å². The van der Waals surface area contributed by atoms with Gasteiger partial charge in [0.05, 0.1) is 13.2 Å². The third-order valence-electron chi connectivity index (χ3n) is 4.21. The minimum atomic E-state index is -4.92. The maximum Gasteiger partial charge on any atom is 0.469 e. The van der Waals surface area contributed by atoms with Gasteiger partial charge < -0.3 is 59.7 Å². The molecule has 9 N–H and O–H groups in total. The SMILES string of the molecule is O=P(O)(O)OCC1OC(OC2C(CO)OC(O)C(O)C2O)C(O)C(O)C1O. The van der Waals surface area contributed by atoms with Crippen LogP contribution in [0.2, 0.25) is 0 Å². The summed E-state index contributed by atoms with van der Waals surface area (Å²) in [5.74, 6) is 0. The highest BCUT2D eigenvalue weighted by atomic mass is 31.2. The molecule has 0 amide bonds. The smallest absolute Gasteiger partial charge is 0.394 e. The minimum absolute atomic E-state index is 0.760. The summed E-state index contributed by atoms with van der Waals surface area (Å²) in [4.78, 5) is 17.4. The molecule has 14 nitrogen and oxygen atoms in total. The summed E-state index contributed by atoms with van der Waals surface area (Å²) in [6, 6.07) is 0. The van der Waals surface area contributed by atoms with E-state index in [1.165, 1.54) is 0 Å². The molecular weight excluding hydrogens is 399 g/mol. The second-order valence-electron chi connectivity index (χ2n) is 6.13. The molecule has 0 spiro atoms. The summed E-state index contributed by atoms with van der Waals surface area (Å²) in [6.07, 6.45) is -17.1. The lowest BCUT2D eigenvalue weighted by atomic mass is 9.97. The monoisotopic (exact) mass is 422 g/mol. The Morgan fingerprint density at radius 3 is 2.00 bits per heavy atom. The van der Waals surface area contributed by atoms with Crippen molar-refractivity contribution in [1.82, 2.24) is 0 Å². The zero-order valence-corrected chi connectivity index (χ0v) is 14.6. The number of aliphatic hydroxyl groups is 7. The fourth-order valence-corrected chi connectivity index (χ4v) is 3.07. The second-order valence-corrected chi connectivity index (χ2v) is 7.37. The van der Waals surface area contributed by atoms with Crippen molar-refractivity contribution < 1.29 is 68.8 Å². The highest BCUT2D eigenvalue weighted by Gasteiger charge is 2.50. The molecule has 27 heavy (non-hydrogen) atoms. The van der Waals surface area contributed by atoms with E-state index in [4.69, 9.17) is 24.0 Å². The Balaban J connectivity index is 2.11. The normalized spacial score (nSPS) is 46.4. The summed E-state index contributed by atoms with van der Waals surface area (Å²) >= 11 is 0. The zero-order chi connectivity index (χ0) is 20.5. The molecule has 2 saturated heterocycles. The Morgan fingerprint density at radius 1 is 0.815 bits per heavy atom. The molecule has 2 rings (SSSR count). The van der Waals surface area contributed by atoms with E-state index >= 15 is 0 Å². The van der Waals surface area contributed by atoms with Crippen molar-refractivity contribution in [2.45, 2.75) is 61.4 Å². The molecule has 2 aliphatic rings. The maximum atomic E-state index is 10.8.